The van der Waals surface area contributed by atoms with E-state index in [4.69, 9.17) is 15.2 Å². The average Bonchev–Trinajstić information content (AvgIpc) is 3.90. The second kappa shape index (κ2) is 13.8. The Bertz CT molecular complexity index is 2250. The fraction of sp³-hybridized carbons (Fsp3) is 0.360. The Morgan fingerprint density at radius 1 is 0.857 bits per heavy atom. The smallest absolute Gasteiger partial charge is 0.312 e. The molecular weight excluding hydrogens is 693 g/mol. The van der Waals surface area contributed by atoms with Crippen LogP contribution < -0.4 is 15.8 Å². The minimum atomic E-state index is -0.786. The summed E-state index contributed by atoms with van der Waals surface area (Å²) in [7, 11) is 0. The molecule has 0 amide bonds. The highest BCUT2D eigenvalue weighted by Gasteiger charge is 2.71. The van der Waals surface area contributed by atoms with Crippen molar-refractivity contribution >= 4 is 11.9 Å². The van der Waals surface area contributed by atoms with Crippen LogP contribution in [0.1, 0.15) is 81.4 Å². The number of dihydropyridines is 1. The van der Waals surface area contributed by atoms with Gasteiger partial charge in [0.25, 0.3) is 0 Å². The highest BCUT2D eigenvalue weighted by atomic mass is 16.5. The van der Waals surface area contributed by atoms with Gasteiger partial charge in [0, 0.05) is 28.0 Å². The van der Waals surface area contributed by atoms with Gasteiger partial charge in [0.2, 0.25) is 0 Å². The van der Waals surface area contributed by atoms with E-state index < -0.39 is 10.8 Å². The van der Waals surface area contributed by atoms with Crippen LogP contribution in [-0.2, 0) is 19.7 Å². The van der Waals surface area contributed by atoms with Gasteiger partial charge in [0.1, 0.15) is 11.5 Å². The Labute approximate surface area is 330 Å². The summed E-state index contributed by atoms with van der Waals surface area (Å²) in [5, 5.41) is 4.10. The summed E-state index contributed by atoms with van der Waals surface area (Å²) >= 11 is 0. The summed E-state index contributed by atoms with van der Waals surface area (Å²) in [5.41, 5.74) is 12.8. The SMILES string of the molecule is NC1c2ccccc2C(CC(=O)Oc2ccccc2)(C[C@]2(CC(=O)OC3=CCCC=C3)C3=CC=CC4CC34C3=C2C=C2C=CCCC2N3)C1CC1C=CC=CC1. The third kappa shape index (κ3) is 5.71. The van der Waals surface area contributed by atoms with E-state index in [1.807, 2.05) is 42.5 Å². The van der Waals surface area contributed by atoms with Gasteiger partial charge in [0.15, 0.2) is 0 Å². The van der Waals surface area contributed by atoms with Crippen molar-refractivity contribution in [3.05, 3.63) is 173 Å². The zero-order valence-electron chi connectivity index (χ0n) is 31.9. The van der Waals surface area contributed by atoms with Gasteiger partial charge in [-0.15, -0.1) is 0 Å². The molecule has 0 saturated heterocycles. The number of rotatable bonds is 10. The van der Waals surface area contributed by atoms with Crippen molar-refractivity contribution in [2.45, 2.75) is 81.7 Å². The fourth-order valence-corrected chi connectivity index (χ4v) is 11.7. The Balaban J connectivity index is 1.17. The van der Waals surface area contributed by atoms with E-state index in [1.165, 1.54) is 22.4 Å². The Morgan fingerprint density at radius 2 is 1.70 bits per heavy atom. The number of esters is 2. The monoisotopic (exact) mass is 742 g/mol. The summed E-state index contributed by atoms with van der Waals surface area (Å²) in [6.07, 6.45) is 35.9. The number of hydrogen-bond donors (Lipinski definition) is 2. The predicted octanol–water partition coefficient (Wildman–Crippen LogP) is 9.63. The number of carbonyl (C=O) groups excluding carboxylic acids is 2. The van der Waals surface area contributed by atoms with Crippen LogP contribution in [0.4, 0.5) is 0 Å². The Kier molecular flexibility index (Phi) is 8.66. The van der Waals surface area contributed by atoms with E-state index in [0.29, 0.717) is 23.8 Å². The number of hydrogen-bond acceptors (Lipinski definition) is 6. The van der Waals surface area contributed by atoms with Gasteiger partial charge in [-0.3, -0.25) is 9.59 Å². The second-order valence-electron chi connectivity index (χ2n) is 17.2. The van der Waals surface area contributed by atoms with E-state index in [0.717, 1.165) is 56.1 Å². The molecule has 6 heteroatoms. The number of ether oxygens (including phenoxy) is 2. The lowest BCUT2D eigenvalue weighted by atomic mass is 9.56. The van der Waals surface area contributed by atoms with Crippen LogP contribution in [-0.4, -0.2) is 18.0 Å². The molecule has 3 N–H and O–H groups in total. The first-order chi connectivity index (χ1) is 27.4. The van der Waals surface area contributed by atoms with Gasteiger partial charge >= 0.3 is 11.9 Å². The summed E-state index contributed by atoms with van der Waals surface area (Å²) < 4.78 is 12.5. The molecule has 1 fully saturated rings. The van der Waals surface area contributed by atoms with Crippen molar-refractivity contribution in [1.29, 1.82) is 0 Å². The van der Waals surface area contributed by atoms with E-state index in [1.54, 1.807) is 0 Å². The first-order valence-corrected chi connectivity index (χ1v) is 20.7. The molecule has 8 atom stereocenters. The largest absolute Gasteiger partial charge is 0.427 e. The lowest BCUT2D eigenvalue weighted by Gasteiger charge is -2.47. The standard InChI is InChI=1S/C50H50N2O4/c51-46-38-23-11-12-24-39(38)48(40(46)27-33-15-4-1-5-16-33,30-44(53)55-36-19-6-2-7-20-36)32-49(31-45(54)56-37-21-8-3-9-22-37)41-28-34-17-10-13-25-42(34)52-47(41)50-29-35(50)18-14-26-43(49)50/h1-2,4-8,10-12,14-15,17-24,26,28,33,35,40,42,46,52H,3,9,13,16,25,27,29-32,51H2/t33?,35?,40?,42?,46?,48?,49-,50?/m0/s1. The zero-order chi connectivity index (χ0) is 37.9. The molecule has 0 radical (unpaired) electrons. The van der Waals surface area contributed by atoms with Crippen LogP contribution in [0.15, 0.2) is 162 Å². The number of para-hydroxylation sites is 1. The first kappa shape index (κ1) is 35.2. The Hall–Kier alpha value is -5.20. The van der Waals surface area contributed by atoms with Crippen molar-refractivity contribution in [2.75, 3.05) is 0 Å². The quantitative estimate of drug-likeness (QED) is 0.186. The number of fused-ring (bicyclic) bond motifs is 2. The van der Waals surface area contributed by atoms with Gasteiger partial charge in [-0.05, 0) is 121 Å². The van der Waals surface area contributed by atoms with Gasteiger partial charge in [0.05, 0.1) is 18.9 Å². The average molecular weight is 743 g/mol. The van der Waals surface area contributed by atoms with Crippen LogP contribution in [0.25, 0.3) is 0 Å². The van der Waals surface area contributed by atoms with Crippen LogP contribution in [0.5, 0.6) is 5.75 Å². The van der Waals surface area contributed by atoms with Crippen LogP contribution in [0.2, 0.25) is 0 Å². The molecule has 56 heavy (non-hydrogen) atoms. The number of nitrogens with two attached hydrogens (primary N) is 1. The van der Waals surface area contributed by atoms with E-state index >= 15 is 0 Å². The molecule has 284 valence electrons. The lowest BCUT2D eigenvalue weighted by molar-refractivity contribution is -0.141. The maximum Gasteiger partial charge on any atom is 0.312 e. The van der Waals surface area contributed by atoms with Crippen molar-refractivity contribution in [3.63, 3.8) is 0 Å². The molecule has 0 bridgehead atoms. The number of benzene rings is 2. The molecule has 7 unspecified atom stereocenters. The highest BCUT2D eigenvalue weighted by molar-refractivity contribution is 5.79. The zero-order valence-corrected chi connectivity index (χ0v) is 31.9. The Morgan fingerprint density at radius 3 is 2.54 bits per heavy atom. The number of nitrogens with one attached hydrogen (secondary N) is 1. The van der Waals surface area contributed by atoms with Crippen LogP contribution >= 0.6 is 0 Å². The molecule has 1 aliphatic heterocycles. The van der Waals surface area contributed by atoms with Gasteiger partial charge < -0.3 is 20.5 Å². The van der Waals surface area contributed by atoms with E-state index in [9.17, 15) is 9.59 Å². The molecule has 1 saturated carbocycles. The fourth-order valence-electron chi connectivity index (χ4n) is 11.7. The topological polar surface area (TPSA) is 90.7 Å². The summed E-state index contributed by atoms with van der Waals surface area (Å²) in [5.74, 6) is 1.09. The molecular formula is C50H50N2O4. The molecule has 8 aliphatic rings. The van der Waals surface area contributed by atoms with Crippen molar-refractivity contribution in [2.24, 2.45) is 34.3 Å². The minimum absolute atomic E-state index is 0.108. The first-order valence-electron chi connectivity index (χ1n) is 20.7. The number of allylic oxidation sites excluding steroid dienone is 14. The van der Waals surface area contributed by atoms with Gasteiger partial charge in [-0.2, -0.15) is 0 Å². The lowest BCUT2D eigenvalue weighted by Crippen LogP contribution is -2.45. The highest BCUT2D eigenvalue weighted by Crippen LogP contribution is 2.77. The van der Waals surface area contributed by atoms with Crippen molar-refractivity contribution in [3.8, 4) is 5.75 Å². The van der Waals surface area contributed by atoms with Crippen molar-refractivity contribution < 1.29 is 19.1 Å². The maximum atomic E-state index is 14.7. The molecule has 2 aromatic carbocycles. The van der Waals surface area contributed by atoms with Gasteiger partial charge in [-0.25, -0.2) is 0 Å². The molecule has 0 aromatic heterocycles. The molecule has 6 nitrogen and oxygen atoms in total. The maximum absolute atomic E-state index is 14.7. The summed E-state index contributed by atoms with van der Waals surface area (Å²) in [6.45, 7) is 0. The third-order valence-electron chi connectivity index (χ3n) is 14.1. The van der Waals surface area contributed by atoms with E-state index in [-0.39, 0.29) is 54.1 Å². The molecule has 2 aromatic rings. The number of carbonyl (C=O) groups is 2. The normalized spacial score (nSPS) is 33.9. The molecule has 1 spiro atoms. The molecule has 10 rings (SSSR count). The van der Waals surface area contributed by atoms with Crippen LogP contribution in [0.3, 0.4) is 0 Å². The summed E-state index contributed by atoms with van der Waals surface area (Å²) in [4.78, 5) is 29.4. The molecule has 1 heterocycles. The second-order valence-corrected chi connectivity index (χ2v) is 17.2. The van der Waals surface area contributed by atoms with Crippen molar-refractivity contribution in [1.82, 2.24) is 5.32 Å². The summed E-state index contributed by atoms with van der Waals surface area (Å²) in [6, 6.07) is 17.8. The minimum Gasteiger partial charge on any atom is -0.427 e. The van der Waals surface area contributed by atoms with E-state index in [2.05, 4.69) is 96.4 Å². The van der Waals surface area contributed by atoms with Gasteiger partial charge in [-0.1, -0.05) is 109 Å². The van der Waals surface area contributed by atoms with Crippen LogP contribution in [0, 0.1) is 28.6 Å². The predicted molar refractivity (Wildman–Crippen MR) is 219 cm³/mol. The molecule has 7 aliphatic carbocycles. The third-order valence-corrected chi connectivity index (χ3v) is 14.1.